The van der Waals surface area contributed by atoms with Gasteiger partial charge in [0, 0.05) is 25.4 Å². The lowest BCUT2D eigenvalue weighted by atomic mass is 10.1. The summed E-state index contributed by atoms with van der Waals surface area (Å²) in [4.78, 5) is 0. The lowest BCUT2D eigenvalue weighted by Crippen LogP contribution is -2.13. The van der Waals surface area contributed by atoms with E-state index in [4.69, 9.17) is 0 Å². The van der Waals surface area contributed by atoms with Crippen molar-refractivity contribution in [3.63, 3.8) is 0 Å². The van der Waals surface area contributed by atoms with E-state index in [0.29, 0.717) is 0 Å². The van der Waals surface area contributed by atoms with Crippen LogP contribution in [0.25, 0.3) is 11.3 Å². The maximum atomic E-state index is 4.39. The van der Waals surface area contributed by atoms with E-state index < -0.39 is 0 Å². The van der Waals surface area contributed by atoms with Crippen LogP contribution in [0.2, 0.25) is 0 Å². The van der Waals surface area contributed by atoms with E-state index in [-0.39, 0.29) is 0 Å². The van der Waals surface area contributed by atoms with Crippen molar-refractivity contribution >= 4 is 0 Å². The van der Waals surface area contributed by atoms with E-state index in [1.165, 1.54) is 17.5 Å². The van der Waals surface area contributed by atoms with Gasteiger partial charge in [0.25, 0.3) is 0 Å². The van der Waals surface area contributed by atoms with Gasteiger partial charge < -0.3 is 5.32 Å². The number of aromatic nitrogens is 2. The Morgan fingerprint density at radius 3 is 2.53 bits per heavy atom. The van der Waals surface area contributed by atoms with Crippen LogP contribution in [0.3, 0.4) is 0 Å². The molecule has 1 N–H and O–H groups in total. The van der Waals surface area contributed by atoms with Crippen molar-refractivity contribution in [1.82, 2.24) is 15.1 Å². The van der Waals surface area contributed by atoms with Crippen LogP contribution >= 0.6 is 0 Å². The number of benzene rings is 1. The number of rotatable bonds is 5. The topological polar surface area (TPSA) is 29.9 Å². The minimum absolute atomic E-state index is 0.941. The van der Waals surface area contributed by atoms with Crippen LogP contribution in [0.1, 0.15) is 18.9 Å². The van der Waals surface area contributed by atoms with Crippen LogP contribution in [-0.2, 0) is 13.6 Å². The molecule has 0 unspecified atom stereocenters. The Morgan fingerprint density at radius 2 is 1.94 bits per heavy atom. The fourth-order valence-electron chi connectivity index (χ4n) is 1.77. The molecule has 0 fully saturated rings. The minimum atomic E-state index is 0.941. The molecule has 0 atom stereocenters. The summed E-state index contributed by atoms with van der Waals surface area (Å²) in [5.41, 5.74) is 3.52. The lowest BCUT2D eigenvalue weighted by Gasteiger charge is -2.04. The Bertz CT molecular complexity index is 457. The molecule has 0 saturated carbocycles. The van der Waals surface area contributed by atoms with Gasteiger partial charge in [-0.3, -0.25) is 4.68 Å². The van der Waals surface area contributed by atoms with Crippen LogP contribution in [-0.4, -0.2) is 16.3 Å². The number of nitrogens with one attached hydrogen (secondary N) is 1. The maximum Gasteiger partial charge on any atom is 0.0923 e. The first-order valence-corrected chi connectivity index (χ1v) is 6.09. The summed E-state index contributed by atoms with van der Waals surface area (Å²) >= 11 is 0. The summed E-state index contributed by atoms with van der Waals surface area (Å²) in [7, 11) is 1.94. The van der Waals surface area contributed by atoms with Gasteiger partial charge in [0.15, 0.2) is 0 Å². The molecule has 90 valence electrons. The zero-order valence-corrected chi connectivity index (χ0v) is 10.5. The van der Waals surface area contributed by atoms with Gasteiger partial charge in [0.1, 0.15) is 0 Å². The third-order valence-electron chi connectivity index (χ3n) is 2.72. The van der Waals surface area contributed by atoms with E-state index in [2.05, 4.69) is 41.6 Å². The van der Waals surface area contributed by atoms with Gasteiger partial charge in [-0.2, -0.15) is 5.10 Å². The van der Waals surface area contributed by atoms with Crippen LogP contribution in [0.15, 0.2) is 36.5 Å². The monoisotopic (exact) mass is 229 g/mol. The molecule has 2 rings (SSSR count). The summed E-state index contributed by atoms with van der Waals surface area (Å²) in [6.07, 6.45) is 3.14. The second-order valence-electron chi connectivity index (χ2n) is 4.25. The summed E-state index contributed by atoms with van der Waals surface area (Å²) in [6.45, 7) is 4.19. The Labute approximate surface area is 102 Å². The highest BCUT2D eigenvalue weighted by Crippen LogP contribution is 2.17. The standard InChI is InChI=1S/C14H19N3/c1-3-9-15-11-12-4-6-13(7-5-12)14-8-10-17(2)16-14/h4-8,10,15H,3,9,11H2,1-2H3. The number of hydrogen-bond acceptors (Lipinski definition) is 2. The van der Waals surface area contributed by atoms with Crippen molar-refractivity contribution in [3.05, 3.63) is 42.1 Å². The third-order valence-corrected chi connectivity index (χ3v) is 2.72. The highest BCUT2D eigenvalue weighted by Gasteiger charge is 2.00. The molecule has 0 spiro atoms. The highest BCUT2D eigenvalue weighted by atomic mass is 15.2. The van der Waals surface area contributed by atoms with Crippen molar-refractivity contribution < 1.29 is 0 Å². The summed E-state index contributed by atoms with van der Waals surface area (Å²) in [6, 6.07) is 10.6. The third kappa shape index (κ3) is 3.17. The number of aryl methyl sites for hydroxylation is 1. The largest absolute Gasteiger partial charge is 0.313 e. The van der Waals surface area contributed by atoms with Gasteiger partial charge in [0.2, 0.25) is 0 Å². The first kappa shape index (κ1) is 11.9. The summed E-state index contributed by atoms with van der Waals surface area (Å²) in [5.74, 6) is 0. The smallest absolute Gasteiger partial charge is 0.0923 e. The molecule has 0 radical (unpaired) electrons. The van der Waals surface area contributed by atoms with Crippen molar-refractivity contribution in [2.75, 3.05) is 6.54 Å². The first-order chi connectivity index (χ1) is 8.29. The van der Waals surface area contributed by atoms with E-state index in [0.717, 1.165) is 18.8 Å². The zero-order valence-electron chi connectivity index (χ0n) is 10.5. The Balaban J connectivity index is 2.02. The molecule has 0 bridgehead atoms. The number of nitrogens with zero attached hydrogens (tertiary/aromatic N) is 2. The van der Waals surface area contributed by atoms with Gasteiger partial charge in [-0.05, 0) is 24.6 Å². The molecule has 0 aliphatic rings. The summed E-state index contributed by atoms with van der Waals surface area (Å²) in [5, 5.41) is 7.78. The maximum absolute atomic E-state index is 4.39. The second kappa shape index (κ2) is 5.64. The molecule has 1 aromatic heterocycles. The van der Waals surface area contributed by atoms with Crippen LogP contribution in [0.4, 0.5) is 0 Å². The van der Waals surface area contributed by atoms with Gasteiger partial charge in [0.05, 0.1) is 5.69 Å². The van der Waals surface area contributed by atoms with Crippen molar-refractivity contribution in [2.45, 2.75) is 19.9 Å². The predicted octanol–water partition coefficient (Wildman–Crippen LogP) is 2.59. The highest BCUT2D eigenvalue weighted by molar-refractivity contribution is 5.58. The van der Waals surface area contributed by atoms with Gasteiger partial charge in [-0.25, -0.2) is 0 Å². The van der Waals surface area contributed by atoms with Crippen molar-refractivity contribution in [1.29, 1.82) is 0 Å². The quantitative estimate of drug-likeness (QED) is 0.799. The second-order valence-corrected chi connectivity index (χ2v) is 4.25. The Kier molecular flexibility index (Phi) is 3.94. The molecule has 1 heterocycles. The molecule has 1 aromatic carbocycles. The number of hydrogen-bond donors (Lipinski definition) is 1. The fourth-order valence-corrected chi connectivity index (χ4v) is 1.77. The lowest BCUT2D eigenvalue weighted by molar-refractivity contribution is 0.675. The van der Waals surface area contributed by atoms with Crippen molar-refractivity contribution in [2.24, 2.45) is 7.05 Å². The van der Waals surface area contributed by atoms with Gasteiger partial charge in [-0.1, -0.05) is 31.2 Å². The minimum Gasteiger partial charge on any atom is -0.313 e. The SMILES string of the molecule is CCCNCc1ccc(-c2ccn(C)n2)cc1. The molecule has 2 aromatic rings. The Hall–Kier alpha value is -1.61. The first-order valence-electron chi connectivity index (χ1n) is 6.09. The van der Waals surface area contributed by atoms with Crippen LogP contribution < -0.4 is 5.32 Å². The molecule has 0 aliphatic carbocycles. The molecular formula is C14H19N3. The zero-order chi connectivity index (χ0) is 12.1. The van der Waals surface area contributed by atoms with Crippen molar-refractivity contribution in [3.8, 4) is 11.3 Å². The fraction of sp³-hybridized carbons (Fsp3) is 0.357. The summed E-state index contributed by atoms with van der Waals surface area (Å²) < 4.78 is 1.83. The average molecular weight is 229 g/mol. The van der Waals surface area contributed by atoms with Gasteiger partial charge >= 0.3 is 0 Å². The van der Waals surface area contributed by atoms with E-state index in [1.54, 1.807) is 0 Å². The normalized spacial score (nSPS) is 10.7. The predicted molar refractivity (Wildman–Crippen MR) is 70.6 cm³/mol. The molecule has 0 aliphatic heterocycles. The Morgan fingerprint density at radius 1 is 1.18 bits per heavy atom. The van der Waals surface area contributed by atoms with E-state index in [9.17, 15) is 0 Å². The molecule has 0 saturated heterocycles. The molecule has 0 amide bonds. The van der Waals surface area contributed by atoms with Gasteiger partial charge in [-0.15, -0.1) is 0 Å². The molecule has 17 heavy (non-hydrogen) atoms. The van der Waals surface area contributed by atoms with E-state index >= 15 is 0 Å². The van der Waals surface area contributed by atoms with Crippen LogP contribution in [0.5, 0.6) is 0 Å². The molecule has 3 heteroatoms. The molecular weight excluding hydrogens is 210 g/mol. The molecule has 3 nitrogen and oxygen atoms in total. The van der Waals surface area contributed by atoms with Crippen LogP contribution in [0, 0.1) is 0 Å². The average Bonchev–Trinajstić information content (AvgIpc) is 2.77. The van der Waals surface area contributed by atoms with E-state index in [1.807, 2.05) is 24.0 Å².